The fourth-order valence-electron chi connectivity index (χ4n) is 1.14. The van der Waals surface area contributed by atoms with Crippen molar-refractivity contribution in [2.45, 2.75) is 18.6 Å². The smallest absolute Gasteiger partial charge is 0.157 e. The van der Waals surface area contributed by atoms with Gasteiger partial charge in [0.2, 0.25) is 0 Å². The molecule has 0 bridgehead atoms. The summed E-state index contributed by atoms with van der Waals surface area (Å²) in [5.41, 5.74) is 0. The molecule has 1 aromatic rings. The van der Waals surface area contributed by atoms with Crippen LogP contribution in [0.25, 0.3) is 0 Å². The van der Waals surface area contributed by atoms with Crippen molar-refractivity contribution in [3.8, 4) is 0 Å². The molecule has 0 amide bonds. The van der Waals surface area contributed by atoms with Gasteiger partial charge in [0.1, 0.15) is 0 Å². The van der Waals surface area contributed by atoms with Crippen molar-refractivity contribution in [3.63, 3.8) is 0 Å². The summed E-state index contributed by atoms with van der Waals surface area (Å²) >= 11 is 1.45. The highest BCUT2D eigenvalue weighted by Crippen LogP contribution is 2.26. The SMILES string of the molecule is CC(c1cccs1)S(=O)(=O)CCCO. The Labute approximate surface area is 88.3 Å². The third-order valence-electron chi connectivity index (χ3n) is 2.07. The zero-order chi connectivity index (χ0) is 10.6. The quantitative estimate of drug-likeness (QED) is 0.842. The number of rotatable bonds is 5. The van der Waals surface area contributed by atoms with Gasteiger partial charge in [0.05, 0.1) is 11.0 Å². The van der Waals surface area contributed by atoms with Crippen LogP contribution in [-0.2, 0) is 9.84 Å². The van der Waals surface area contributed by atoms with E-state index >= 15 is 0 Å². The largest absolute Gasteiger partial charge is 0.396 e. The maximum atomic E-state index is 11.7. The first-order valence-corrected chi connectivity index (χ1v) is 7.03. The fraction of sp³-hybridized carbons (Fsp3) is 0.556. The minimum Gasteiger partial charge on any atom is -0.396 e. The summed E-state index contributed by atoms with van der Waals surface area (Å²) in [6, 6.07) is 3.67. The molecule has 1 aromatic heterocycles. The Kier molecular flexibility index (Phi) is 4.10. The Balaban J connectivity index is 2.73. The lowest BCUT2D eigenvalue weighted by Gasteiger charge is -2.10. The van der Waals surface area contributed by atoms with E-state index in [1.54, 1.807) is 6.92 Å². The molecule has 5 heteroatoms. The second-order valence-electron chi connectivity index (χ2n) is 3.10. The van der Waals surface area contributed by atoms with E-state index in [1.165, 1.54) is 11.3 Å². The van der Waals surface area contributed by atoms with Crippen LogP contribution in [0.4, 0.5) is 0 Å². The molecule has 0 saturated carbocycles. The number of aliphatic hydroxyl groups excluding tert-OH is 1. The van der Waals surface area contributed by atoms with Crippen LogP contribution < -0.4 is 0 Å². The topological polar surface area (TPSA) is 54.4 Å². The predicted octanol–water partition coefficient (Wildman–Crippen LogP) is 1.61. The van der Waals surface area contributed by atoms with Crippen LogP contribution in [0.15, 0.2) is 17.5 Å². The van der Waals surface area contributed by atoms with Crippen molar-refractivity contribution >= 4 is 21.2 Å². The molecule has 0 fully saturated rings. The summed E-state index contributed by atoms with van der Waals surface area (Å²) in [6.07, 6.45) is 0.318. The van der Waals surface area contributed by atoms with Crippen molar-refractivity contribution in [2.24, 2.45) is 0 Å². The van der Waals surface area contributed by atoms with Crippen LogP contribution >= 0.6 is 11.3 Å². The fourth-order valence-corrected chi connectivity index (χ4v) is 3.73. The predicted molar refractivity (Wildman–Crippen MR) is 58.2 cm³/mol. The third-order valence-corrected chi connectivity index (χ3v) is 5.46. The summed E-state index contributed by atoms with van der Waals surface area (Å²) in [5, 5.41) is 10.00. The van der Waals surface area contributed by atoms with Gasteiger partial charge in [0, 0.05) is 11.5 Å². The van der Waals surface area contributed by atoms with Gasteiger partial charge in [-0.25, -0.2) is 8.42 Å². The molecule has 1 rings (SSSR count). The van der Waals surface area contributed by atoms with E-state index in [4.69, 9.17) is 5.11 Å². The van der Waals surface area contributed by atoms with Gasteiger partial charge < -0.3 is 5.11 Å². The lowest BCUT2D eigenvalue weighted by atomic mass is 10.4. The van der Waals surface area contributed by atoms with Crippen LogP contribution in [0.3, 0.4) is 0 Å². The number of hydrogen-bond donors (Lipinski definition) is 1. The van der Waals surface area contributed by atoms with Gasteiger partial charge in [-0.1, -0.05) is 6.07 Å². The first kappa shape index (κ1) is 11.7. The molecule has 1 N–H and O–H groups in total. The number of aliphatic hydroxyl groups is 1. The highest BCUT2D eigenvalue weighted by molar-refractivity contribution is 7.91. The molecule has 0 spiro atoms. The van der Waals surface area contributed by atoms with Crippen molar-refractivity contribution in [3.05, 3.63) is 22.4 Å². The van der Waals surface area contributed by atoms with Gasteiger partial charge in [-0.2, -0.15) is 0 Å². The highest BCUT2D eigenvalue weighted by Gasteiger charge is 2.22. The molecule has 1 unspecified atom stereocenters. The molecule has 80 valence electrons. The normalized spacial score (nSPS) is 14.1. The number of hydrogen-bond acceptors (Lipinski definition) is 4. The average Bonchev–Trinajstić information content (AvgIpc) is 2.66. The Bertz CT molecular complexity index is 353. The number of sulfone groups is 1. The summed E-state index contributed by atoms with van der Waals surface area (Å²) in [5.74, 6) is 0.0581. The van der Waals surface area contributed by atoms with Gasteiger partial charge in [0.15, 0.2) is 9.84 Å². The maximum absolute atomic E-state index is 11.7. The van der Waals surface area contributed by atoms with E-state index in [9.17, 15) is 8.42 Å². The lowest BCUT2D eigenvalue weighted by Crippen LogP contribution is -2.14. The Morgan fingerprint density at radius 2 is 2.29 bits per heavy atom. The maximum Gasteiger partial charge on any atom is 0.157 e. The van der Waals surface area contributed by atoms with Gasteiger partial charge in [-0.05, 0) is 24.8 Å². The Hall–Kier alpha value is -0.390. The number of thiophene rings is 1. The van der Waals surface area contributed by atoms with E-state index in [1.807, 2.05) is 17.5 Å². The van der Waals surface area contributed by atoms with E-state index in [2.05, 4.69) is 0 Å². The molecular formula is C9H14O3S2. The van der Waals surface area contributed by atoms with Crippen molar-refractivity contribution in [2.75, 3.05) is 12.4 Å². The molecule has 3 nitrogen and oxygen atoms in total. The molecule has 0 aliphatic rings. The van der Waals surface area contributed by atoms with Crippen LogP contribution in [0.1, 0.15) is 23.5 Å². The molecule has 1 heterocycles. The summed E-state index contributed by atoms with van der Waals surface area (Å²) in [7, 11) is -3.09. The monoisotopic (exact) mass is 234 g/mol. The minimum absolute atomic E-state index is 0.0581. The molecule has 1 atom stereocenters. The molecule has 0 aliphatic carbocycles. The second kappa shape index (κ2) is 4.91. The minimum atomic E-state index is -3.09. The molecule has 0 aliphatic heterocycles. The molecular weight excluding hydrogens is 220 g/mol. The van der Waals surface area contributed by atoms with Gasteiger partial charge in [-0.15, -0.1) is 11.3 Å². The summed E-state index contributed by atoms with van der Waals surface area (Å²) in [4.78, 5) is 0.864. The molecule has 0 saturated heterocycles. The van der Waals surface area contributed by atoms with Crippen LogP contribution in [-0.4, -0.2) is 25.9 Å². The highest BCUT2D eigenvalue weighted by atomic mass is 32.2. The Morgan fingerprint density at radius 1 is 1.57 bits per heavy atom. The first-order chi connectivity index (χ1) is 6.58. The van der Waals surface area contributed by atoms with Crippen molar-refractivity contribution in [1.29, 1.82) is 0 Å². The molecule has 14 heavy (non-hydrogen) atoms. The van der Waals surface area contributed by atoms with Crippen molar-refractivity contribution < 1.29 is 13.5 Å². The summed E-state index contributed by atoms with van der Waals surface area (Å²) in [6.45, 7) is 1.62. The van der Waals surface area contributed by atoms with Crippen LogP contribution in [0.5, 0.6) is 0 Å². The van der Waals surface area contributed by atoms with Gasteiger partial charge >= 0.3 is 0 Å². The average molecular weight is 234 g/mol. The Morgan fingerprint density at radius 3 is 2.79 bits per heavy atom. The zero-order valence-corrected chi connectivity index (χ0v) is 9.64. The van der Waals surface area contributed by atoms with E-state index in [0.717, 1.165) is 4.88 Å². The van der Waals surface area contributed by atoms with Crippen LogP contribution in [0, 0.1) is 0 Å². The standard InChI is InChI=1S/C9H14O3S2/c1-8(9-4-2-6-13-9)14(11,12)7-3-5-10/h2,4,6,8,10H,3,5,7H2,1H3. The molecule has 0 radical (unpaired) electrons. The van der Waals surface area contributed by atoms with Crippen LogP contribution in [0.2, 0.25) is 0 Å². The summed E-state index contributed by atoms with van der Waals surface area (Å²) < 4.78 is 23.4. The van der Waals surface area contributed by atoms with Gasteiger partial charge in [-0.3, -0.25) is 0 Å². The third kappa shape index (κ3) is 2.80. The zero-order valence-electron chi connectivity index (χ0n) is 8.01. The van der Waals surface area contributed by atoms with E-state index in [0.29, 0.717) is 6.42 Å². The van der Waals surface area contributed by atoms with Crippen molar-refractivity contribution in [1.82, 2.24) is 0 Å². The molecule has 0 aromatic carbocycles. The second-order valence-corrected chi connectivity index (χ2v) is 6.52. The van der Waals surface area contributed by atoms with Gasteiger partial charge in [0.25, 0.3) is 0 Å². The first-order valence-electron chi connectivity index (χ1n) is 4.44. The lowest BCUT2D eigenvalue weighted by molar-refractivity contribution is 0.295. The van der Waals surface area contributed by atoms with E-state index in [-0.39, 0.29) is 12.4 Å². The van der Waals surface area contributed by atoms with E-state index < -0.39 is 15.1 Å².